The second-order valence-electron chi connectivity index (χ2n) is 4.51. The number of anilines is 1. The Morgan fingerprint density at radius 1 is 1.55 bits per heavy atom. The van der Waals surface area contributed by atoms with Crippen LogP contribution in [-0.2, 0) is 13.6 Å². The molecule has 1 aromatic carbocycles. The van der Waals surface area contributed by atoms with Gasteiger partial charge in [0.25, 0.3) is 5.91 Å². The highest BCUT2D eigenvalue weighted by Gasteiger charge is 2.21. The maximum absolute atomic E-state index is 14.0. The number of hydrogen-bond acceptors (Lipinski definition) is 3. The van der Waals surface area contributed by atoms with Gasteiger partial charge < -0.3 is 10.6 Å². The lowest BCUT2D eigenvalue weighted by Gasteiger charge is -2.18. The van der Waals surface area contributed by atoms with Gasteiger partial charge in [-0.3, -0.25) is 9.48 Å². The summed E-state index contributed by atoms with van der Waals surface area (Å²) < 4.78 is 15.9. The van der Waals surface area contributed by atoms with E-state index in [4.69, 9.17) is 5.73 Å². The summed E-state index contributed by atoms with van der Waals surface area (Å²) in [6, 6.07) is 2.97. The molecule has 0 unspecified atom stereocenters. The first-order valence-corrected chi connectivity index (χ1v) is 6.66. The van der Waals surface area contributed by atoms with Gasteiger partial charge in [-0.1, -0.05) is 0 Å². The van der Waals surface area contributed by atoms with Crippen LogP contribution in [0.3, 0.4) is 0 Å². The van der Waals surface area contributed by atoms with E-state index in [1.807, 2.05) is 0 Å². The number of aromatic nitrogens is 2. The molecule has 7 heteroatoms. The van der Waals surface area contributed by atoms with Crippen molar-refractivity contribution in [1.29, 1.82) is 0 Å². The molecule has 0 radical (unpaired) electrons. The molecule has 2 aromatic rings. The number of nitrogens with two attached hydrogens (primary N) is 1. The molecular formula is C13H14BrFN4O. The Bertz CT molecular complexity index is 656. The van der Waals surface area contributed by atoms with Crippen molar-refractivity contribution < 1.29 is 9.18 Å². The van der Waals surface area contributed by atoms with Crippen LogP contribution in [-0.4, -0.2) is 27.6 Å². The lowest BCUT2D eigenvalue weighted by molar-refractivity contribution is 0.0781. The van der Waals surface area contributed by atoms with Crippen LogP contribution >= 0.6 is 15.9 Å². The first-order chi connectivity index (χ1) is 9.40. The number of amides is 1. The molecule has 0 aliphatic rings. The highest BCUT2D eigenvalue weighted by atomic mass is 79.9. The van der Waals surface area contributed by atoms with E-state index < -0.39 is 11.7 Å². The lowest BCUT2D eigenvalue weighted by Crippen LogP contribution is -2.28. The molecule has 0 fully saturated rings. The fraction of sp³-hybridized carbons (Fsp3) is 0.231. The Hall–Kier alpha value is -1.89. The zero-order chi connectivity index (χ0) is 14.9. The van der Waals surface area contributed by atoms with E-state index in [1.165, 1.54) is 17.0 Å². The SMILES string of the molecule is CN(Cc1cnn(C)c1)C(=O)c1c(N)ccc(Br)c1F. The molecule has 0 bridgehead atoms. The summed E-state index contributed by atoms with van der Waals surface area (Å²) in [4.78, 5) is 13.7. The average molecular weight is 341 g/mol. The largest absolute Gasteiger partial charge is 0.398 e. The molecule has 0 saturated carbocycles. The monoisotopic (exact) mass is 340 g/mol. The molecular weight excluding hydrogens is 327 g/mol. The molecule has 1 amide bonds. The van der Waals surface area contributed by atoms with Crippen LogP contribution < -0.4 is 5.73 Å². The molecule has 2 rings (SSSR count). The molecule has 20 heavy (non-hydrogen) atoms. The zero-order valence-corrected chi connectivity index (χ0v) is 12.7. The number of rotatable bonds is 3. The van der Waals surface area contributed by atoms with Crippen LogP contribution in [0.2, 0.25) is 0 Å². The van der Waals surface area contributed by atoms with Crippen LogP contribution in [0, 0.1) is 5.82 Å². The zero-order valence-electron chi connectivity index (χ0n) is 11.1. The Morgan fingerprint density at radius 2 is 2.25 bits per heavy atom. The predicted molar refractivity (Wildman–Crippen MR) is 77.5 cm³/mol. The standard InChI is InChI=1S/C13H14BrFN4O/c1-18(6-8-5-17-19(2)7-8)13(20)11-10(16)4-3-9(14)12(11)15/h3-5,7H,6,16H2,1-2H3. The van der Waals surface area contributed by atoms with Crippen molar-refractivity contribution in [3.63, 3.8) is 0 Å². The first kappa shape index (κ1) is 14.5. The summed E-state index contributed by atoms with van der Waals surface area (Å²) in [5.74, 6) is -1.11. The van der Waals surface area contributed by atoms with E-state index in [9.17, 15) is 9.18 Å². The maximum atomic E-state index is 14.0. The van der Waals surface area contributed by atoms with Crippen molar-refractivity contribution in [2.75, 3.05) is 12.8 Å². The van der Waals surface area contributed by atoms with Gasteiger partial charge in [0.2, 0.25) is 0 Å². The van der Waals surface area contributed by atoms with Crippen molar-refractivity contribution >= 4 is 27.5 Å². The van der Waals surface area contributed by atoms with E-state index in [0.29, 0.717) is 6.54 Å². The molecule has 5 nitrogen and oxygen atoms in total. The van der Waals surface area contributed by atoms with E-state index in [2.05, 4.69) is 21.0 Å². The fourth-order valence-corrected chi connectivity index (χ4v) is 2.20. The maximum Gasteiger partial charge on any atom is 0.259 e. The van der Waals surface area contributed by atoms with Crippen LogP contribution in [0.5, 0.6) is 0 Å². The normalized spacial score (nSPS) is 10.6. The van der Waals surface area contributed by atoms with Gasteiger partial charge in [0.15, 0.2) is 5.82 Å². The molecule has 0 saturated heterocycles. The van der Waals surface area contributed by atoms with Gasteiger partial charge in [0.05, 0.1) is 16.2 Å². The third-order valence-electron chi connectivity index (χ3n) is 2.87. The predicted octanol–water partition coefficient (Wildman–Crippen LogP) is 2.18. The van der Waals surface area contributed by atoms with E-state index in [1.54, 1.807) is 31.2 Å². The smallest absolute Gasteiger partial charge is 0.259 e. The van der Waals surface area contributed by atoms with Crippen molar-refractivity contribution in [2.45, 2.75) is 6.54 Å². The average Bonchev–Trinajstić information content (AvgIpc) is 2.79. The number of hydrogen-bond donors (Lipinski definition) is 1. The Balaban J connectivity index is 2.25. The van der Waals surface area contributed by atoms with Gasteiger partial charge in [-0.2, -0.15) is 5.10 Å². The van der Waals surface area contributed by atoms with Crippen molar-refractivity contribution in [1.82, 2.24) is 14.7 Å². The van der Waals surface area contributed by atoms with Crippen LogP contribution in [0.1, 0.15) is 15.9 Å². The van der Waals surface area contributed by atoms with Crippen LogP contribution in [0.4, 0.5) is 10.1 Å². The second kappa shape index (κ2) is 5.62. The molecule has 2 N–H and O–H groups in total. The second-order valence-corrected chi connectivity index (χ2v) is 5.36. The van der Waals surface area contributed by atoms with E-state index >= 15 is 0 Å². The summed E-state index contributed by atoms with van der Waals surface area (Å²) in [5.41, 5.74) is 6.56. The van der Waals surface area contributed by atoms with Gasteiger partial charge in [0.1, 0.15) is 0 Å². The number of aryl methyl sites for hydroxylation is 1. The Morgan fingerprint density at radius 3 is 2.85 bits per heavy atom. The van der Waals surface area contributed by atoms with Crippen molar-refractivity contribution in [2.24, 2.45) is 7.05 Å². The number of benzene rings is 1. The first-order valence-electron chi connectivity index (χ1n) is 5.86. The number of nitrogens with zero attached hydrogens (tertiary/aromatic N) is 3. The van der Waals surface area contributed by atoms with Gasteiger partial charge in [-0.25, -0.2) is 4.39 Å². The fourth-order valence-electron chi connectivity index (χ4n) is 1.87. The van der Waals surface area contributed by atoms with Crippen LogP contribution in [0.15, 0.2) is 29.0 Å². The molecule has 0 aliphatic heterocycles. The molecule has 0 atom stereocenters. The minimum Gasteiger partial charge on any atom is -0.398 e. The molecule has 1 heterocycles. The van der Waals surface area contributed by atoms with Gasteiger partial charge in [0, 0.05) is 38.1 Å². The molecule has 1 aromatic heterocycles. The molecule has 106 valence electrons. The molecule has 0 spiro atoms. The van der Waals surface area contributed by atoms with Gasteiger partial charge in [-0.05, 0) is 28.1 Å². The Kier molecular flexibility index (Phi) is 4.08. The summed E-state index contributed by atoms with van der Waals surface area (Å²) >= 11 is 3.05. The Labute approximate surface area is 124 Å². The molecule has 0 aliphatic carbocycles. The highest BCUT2D eigenvalue weighted by Crippen LogP contribution is 2.25. The third kappa shape index (κ3) is 2.82. The lowest BCUT2D eigenvalue weighted by atomic mass is 10.1. The van der Waals surface area contributed by atoms with Gasteiger partial charge in [-0.15, -0.1) is 0 Å². The summed E-state index contributed by atoms with van der Waals surface area (Å²) in [6.45, 7) is 0.331. The van der Waals surface area contributed by atoms with Gasteiger partial charge >= 0.3 is 0 Å². The van der Waals surface area contributed by atoms with Crippen molar-refractivity contribution in [3.8, 4) is 0 Å². The van der Waals surface area contributed by atoms with E-state index in [-0.39, 0.29) is 15.7 Å². The number of carbonyl (C=O) groups is 1. The van der Waals surface area contributed by atoms with Crippen molar-refractivity contribution in [3.05, 3.63) is 45.9 Å². The summed E-state index contributed by atoms with van der Waals surface area (Å²) in [6.07, 6.45) is 3.45. The number of nitrogen functional groups attached to an aromatic ring is 1. The number of carbonyl (C=O) groups excluding carboxylic acids is 1. The number of halogens is 2. The van der Waals surface area contributed by atoms with Crippen LogP contribution in [0.25, 0.3) is 0 Å². The highest BCUT2D eigenvalue weighted by molar-refractivity contribution is 9.10. The van der Waals surface area contributed by atoms with E-state index in [0.717, 1.165) is 5.56 Å². The summed E-state index contributed by atoms with van der Waals surface area (Å²) in [7, 11) is 3.38. The quantitative estimate of drug-likeness (QED) is 0.871. The minimum absolute atomic E-state index is 0.119. The minimum atomic E-state index is -0.645. The topological polar surface area (TPSA) is 64.2 Å². The summed E-state index contributed by atoms with van der Waals surface area (Å²) in [5, 5.41) is 4.02. The third-order valence-corrected chi connectivity index (χ3v) is 3.48.